The second-order valence-corrected chi connectivity index (χ2v) is 10.2. The molecule has 0 unspecified atom stereocenters. The number of nitrogens with one attached hydrogen (secondary N) is 4. The first kappa shape index (κ1) is 33.4. The number of amides is 5. The topological polar surface area (TPSA) is 172 Å². The lowest BCUT2D eigenvalue weighted by Gasteiger charge is -2.31. The summed E-state index contributed by atoms with van der Waals surface area (Å²) >= 11 is 0. The van der Waals surface area contributed by atoms with Gasteiger partial charge in [-0.1, -0.05) is 39.8 Å². The number of carbonyl (C=O) groups excluding carboxylic acids is 5. The quantitative estimate of drug-likeness (QED) is 0.208. The summed E-state index contributed by atoms with van der Waals surface area (Å²) in [6.07, 6.45) is 0.411. The van der Waals surface area contributed by atoms with Crippen LogP contribution in [0.25, 0.3) is 0 Å². The van der Waals surface area contributed by atoms with Crippen molar-refractivity contribution in [2.75, 3.05) is 26.0 Å². The highest BCUT2D eigenvalue weighted by atomic mass is 16.6. The van der Waals surface area contributed by atoms with Gasteiger partial charge in [0.2, 0.25) is 11.8 Å². The summed E-state index contributed by atoms with van der Waals surface area (Å²) in [6.45, 7) is 9.09. The average Bonchev–Trinajstić information content (AvgIpc) is 2.85. The van der Waals surface area contributed by atoms with Gasteiger partial charge in [-0.25, -0.2) is 9.59 Å². The first-order valence-electron chi connectivity index (χ1n) is 13.1. The van der Waals surface area contributed by atoms with E-state index < -0.39 is 36.2 Å². The standard InChI is InChI=1S/C27H44N6O6/c1-16(2)22(18(5)34)32-25(36)23(17(3)4)33(7)27(38)39-15-19-10-12-20(13-11-19)31-24(35)21(29-6)9-8-14-30-26(28)37/h10-13,16-17,21-23,29H,8-9,14-15H2,1-7H3,(H,31,35)(H,32,36)(H3,28,30,37)/t21-,22-,23-/m0/s1. The monoisotopic (exact) mass is 548 g/mol. The number of nitrogens with two attached hydrogens (primary N) is 1. The van der Waals surface area contributed by atoms with Crippen molar-refractivity contribution < 1.29 is 28.7 Å². The number of Topliss-reactive ketones (excluding diaryl/α,β-unsaturated/α-hetero) is 1. The van der Waals surface area contributed by atoms with Gasteiger partial charge in [0.05, 0.1) is 12.1 Å². The maximum Gasteiger partial charge on any atom is 0.410 e. The van der Waals surface area contributed by atoms with Gasteiger partial charge in [-0.3, -0.25) is 19.3 Å². The smallest absolute Gasteiger partial charge is 0.410 e. The Balaban J connectivity index is 2.69. The number of ketones is 1. The van der Waals surface area contributed by atoms with Crippen LogP contribution in [0.1, 0.15) is 53.0 Å². The number of likely N-dealkylation sites (N-methyl/N-ethyl adjacent to an activating group) is 2. The van der Waals surface area contributed by atoms with Crippen LogP contribution in [-0.2, 0) is 25.7 Å². The lowest BCUT2D eigenvalue weighted by Crippen LogP contribution is -2.55. The molecule has 1 rings (SSSR count). The molecule has 5 amide bonds. The van der Waals surface area contributed by atoms with Gasteiger partial charge >= 0.3 is 12.1 Å². The van der Waals surface area contributed by atoms with Crippen LogP contribution < -0.4 is 27.0 Å². The predicted molar refractivity (Wildman–Crippen MR) is 149 cm³/mol. The Kier molecular flexibility index (Phi) is 14.0. The van der Waals surface area contributed by atoms with Crippen molar-refractivity contribution in [3.63, 3.8) is 0 Å². The van der Waals surface area contributed by atoms with Gasteiger partial charge in [0.25, 0.3) is 0 Å². The molecular weight excluding hydrogens is 504 g/mol. The van der Waals surface area contributed by atoms with Gasteiger partial charge in [-0.05, 0) is 56.3 Å². The minimum Gasteiger partial charge on any atom is -0.445 e. The van der Waals surface area contributed by atoms with Crippen LogP contribution in [-0.4, -0.2) is 73.4 Å². The van der Waals surface area contributed by atoms with Crippen molar-refractivity contribution in [2.24, 2.45) is 17.6 Å². The van der Waals surface area contributed by atoms with Crippen LogP contribution in [0.5, 0.6) is 0 Å². The summed E-state index contributed by atoms with van der Waals surface area (Å²) in [7, 11) is 3.17. The normalized spacial score (nSPS) is 13.3. The van der Waals surface area contributed by atoms with Gasteiger partial charge in [0, 0.05) is 19.3 Å². The first-order valence-corrected chi connectivity index (χ1v) is 13.1. The lowest BCUT2D eigenvalue weighted by atomic mass is 9.97. The number of hydrogen-bond acceptors (Lipinski definition) is 7. The van der Waals surface area contributed by atoms with Crippen molar-refractivity contribution >= 4 is 35.4 Å². The first-order chi connectivity index (χ1) is 18.3. The van der Waals surface area contributed by atoms with E-state index in [4.69, 9.17) is 10.5 Å². The molecule has 12 heteroatoms. The fraction of sp³-hybridized carbons (Fsp3) is 0.593. The Morgan fingerprint density at radius 1 is 0.974 bits per heavy atom. The van der Waals surface area contributed by atoms with Crippen LogP contribution in [0, 0.1) is 11.8 Å². The zero-order chi connectivity index (χ0) is 29.7. The Labute approximate surface area is 230 Å². The van der Waals surface area contributed by atoms with Crippen LogP contribution >= 0.6 is 0 Å². The second-order valence-electron chi connectivity index (χ2n) is 10.2. The number of rotatable bonds is 15. The average molecular weight is 549 g/mol. The van der Waals surface area contributed by atoms with Crippen molar-refractivity contribution in [2.45, 2.75) is 72.2 Å². The molecule has 0 aliphatic heterocycles. The molecule has 3 atom stereocenters. The van der Waals surface area contributed by atoms with Crippen molar-refractivity contribution in [3.8, 4) is 0 Å². The Bertz CT molecular complexity index is 981. The summed E-state index contributed by atoms with van der Waals surface area (Å²) in [5.41, 5.74) is 6.31. The number of anilines is 1. The lowest BCUT2D eigenvalue weighted by molar-refractivity contribution is -0.131. The summed E-state index contributed by atoms with van der Waals surface area (Å²) in [4.78, 5) is 62.2. The number of benzene rings is 1. The molecular formula is C27H44N6O6. The maximum atomic E-state index is 12.9. The molecule has 0 saturated carbocycles. The molecule has 0 radical (unpaired) electrons. The number of urea groups is 1. The number of hydrogen-bond donors (Lipinski definition) is 5. The van der Waals surface area contributed by atoms with Crippen LogP contribution in [0.15, 0.2) is 24.3 Å². The van der Waals surface area contributed by atoms with Gasteiger partial charge in [0.1, 0.15) is 12.6 Å². The molecule has 0 heterocycles. The highest BCUT2D eigenvalue weighted by Crippen LogP contribution is 2.15. The van der Waals surface area contributed by atoms with E-state index in [1.165, 1.54) is 18.9 Å². The molecule has 0 aromatic heterocycles. The van der Waals surface area contributed by atoms with Gasteiger partial charge in [-0.15, -0.1) is 0 Å². The minimum atomic E-state index is -0.817. The molecule has 0 aliphatic carbocycles. The van der Waals surface area contributed by atoms with Crippen molar-refractivity contribution in [3.05, 3.63) is 29.8 Å². The third kappa shape index (κ3) is 11.3. The van der Waals surface area contributed by atoms with Gasteiger partial charge in [-0.2, -0.15) is 0 Å². The fourth-order valence-electron chi connectivity index (χ4n) is 4.10. The molecule has 1 aromatic rings. The van der Waals surface area contributed by atoms with E-state index in [1.54, 1.807) is 31.3 Å². The van der Waals surface area contributed by atoms with E-state index in [-0.39, 0.29) is 30.1 Å². The maximum absolute atomic E-state index is 12.9. The Morgan fingerprint density at radius 3 is 2.08 bits per heavy atom. The molecule has 0 bridgehead atoms. The van der Waals surface area contributed by atoms with E-state index in [1.807, 2.05) is 27.7 Å². The Morgan fingerprint density at radius 2 is 1.59 bits per heavy atom. The van der Waals surface area contributed by atoms with Gasteiger partial charge < -0.3 is 31.7 Å². The van der Waals surface area contributed by atoms with Crippen LogP contribution in [0.3, 0.4) is 0 Å². The molecule has 218 valence electrons. The van der Waals surface area contributed by atoms with E-state index in [2.05, 4.69) is 21.3 Å². The zero-order valence-corrected chi connectivity index (χ0v) is 24.0. The molecule has 0 fully saturated rings. The van der Waals surface area contributed by atoms with Gasteiger partial charge in [0.15, 0.2) is 5.78 Å². The van der Waals surface area contributed by atoms with E-state index in [9.17, 15) is 24.0 Å². The summed E-state index contributed by atoms with van der Waals surface area (Å²) in [5, 5.41) is 11.0. The van der Waals surface area contributed by atoms with E-state index >= 15 is 0 Å². The molecule has 0 aliphatic rings. The second kappa shape index (κ2) is 16.3. The molecule has 6 N–H and O–H groups in total. The highest BCUT2D eigenvalue weighted by molar-refractivity contribution is 5.95. The number of carbonyl (C=O) groups is 5. The minimum absolute atomic E-state index is 0.0299. The third-order valence-corrected chi connectivity index (χ3v) is 6.23. The van der Waals surface area contributed by atoms with Crippen LogP contribution in [0.2, 0.25) is 0 Å². The molecule has 12 nitrogen and oxygen atoms in total. The Hall–Kier alpha value is -3.67. The van der Waals surface area contributed by atoms with E-state index in [0.29, 0.717) is 30.6 Å². The molecule has 1 aromatic carbocycles. The van der Waals surface area contributed by atoms with Crippen molar-refractivity contribution in [1.29, 1.82) is 0 Å². The SMILES string of the molecule is CN[C@@H](CCCNC(N)=O)C(=O)Nc1ccc(COC(=O)N(C)[C@H](C(=O)N[C@H](C(C)=O)C(C)C)C(C)C)cc1. The van der Waals surface area contributed by atoms with Crippen LogP contribution in [0.4, 0.5) is 15.3 Å². The number of primary amides is 1. The molecule has 0 saturated heterocycles. The third-order valence-electron chi connectivity index (χ3n) is 6.23. The summed E-state index contributed by atoms with van der Waals surface area (Å²) in [6, 6.07) is 4.34. The highest BCUT2D eigenvalue weighted by Gasteiger charge is 2.33. The fourth-order valence-corrected chi connectivity index (χ4v) is 4.10. The largest absolute Gasteiger partial charge is 0.445 e. The number of nitrogens with zero attached hydrogens (tertiary/aromatic N) is 1. The molecule has 39 heavy (non-hydrogen) atoms. The van der Waals surface area contributed by atoms with E-state index in [0.717, 1.165) is 0 Å². The number of ether oxygens (including phenoxy) is 1. The van der Waals surface area contributed by atoms with Crippen molar-refractivity contribution in [1.82, 2.24) is 20.9 Å². The predicted octanol–water partition coefficient (Wildman–Crippen LogP) is 1.98. The molecule has 0 spiro atoms. The summed E-state index contributed by atoms with van der Waals surface area (Å²) in [5.74, 6) is -1.09. The summed E-state index contributed by atoms with van der Waals surface area (Å²) < 4.78 is 5.42. The zero-order valence-electron chi connectivity index (χ0n) is 24.0.